The van der Waals surface area contributed by atoms with Crippen molar-refractivity contribution in [1.82, 2.24) is 0 Å². The first-order chi connectivity index (χ1) is 10.9. The maximum absolute atomic E-state index is 11.4. The fraction of sp³-hybridized carbons (Fsp3) is 0. The lowest BCUT2D eigenvalue weighted by Gasteiger charge is -2.03. The first-order valence-electron chi connectivity index (χ1n) is 6.33. The predicted octanol–water partition coefficient (Wildman–Crippen LogP) is 3.13. The summed E-state index contributed by atoms with van der Waals surface area (Å²) in [6, 6.07) is 10.5. The van der Waals surface area contributed by atoms with E-state index in [9.17, 15) is 30.1 Å². The van der Waals surface area contributed by atoms with Crippen LogP contribution in [0.5, 0.6) is 0 Å². The van der Waals surface area contributed by atoms with E-state index in [0.717, 1.165) is 0 Å². The highest BCUT2D eigenvalue weighted by atomic mass is 16.6. The van der Waals surface area contributed by atoms with Crippen molar-refractivity contribution in [2.75, 3.05) is 0 Å². The van der Waals surface area contributed by atoms with Gasteiger partial charge in [-0.2, -0.15) is 0 Å². The predicted molar refractivity (Wildman–Crippen MR) is 81.7 cm³/mol. The lowest BCUT2D eigenvalue weighted by molar-refractivity contribution is -0.385. The summed E-state index contributed by atoms with van der Waals surface area (Å²) in [5.41, 5.74) is 0.435. The molecule has 0 aliphatic heterocycles. The summed E-state index contributed by atoms with van der Waals surface area (Å²) in [5.74, 6) is -1.21. The molecule has 8 nitrogen and oxygen atoms in total. The number of nitro groups is 2. The van der Waals surface area contributed by atoms with Gasteiger partial charge in [-0.25, -0.2) is 4.79 Å². The van der Waals surface area contributed by atoms with Crippen molar-refractivity contribution in [2.45, 2.75) is 0 Å². The summed E-state index contributed by atoms with van der Waals surface area (Å²) in [4.78, 5) is 31.5. The zero-order chi connectivity index (χ0) is 17.0. The third kappa shape index (κ3) is 3.76. The Bertz CT molecular complexity index is 794. The van der Waals surface area contributed by atoms with Gasteiger partial charge in [0.25, 0.3) is 11.4 Å². The van der Waals surface area contributed by atoms with Gasteiger partial charge in [0.15, 0.2) is 0 Å². The van der Waals surface area contributed by atoms with E-state index in [1.807, 2.05) is 0 Å². The van der Waals surface area contributed by atoms with Crippen molar-refractivity contribution in [1.29, 1.82) is 0 Å². The first kappa shape index (κ1) is 15.8. The largest absolute Gasteiger partial charge is 0.478 e. The highest BCUT2D eigenvalue weighted by Gasteiger charge is 2.13. The van der Waals surface area contributed by atoms with Crippen LogP contribution in [0.25, 0.3) is 11.6 Å². The van der Waals surface area contributed by atoms with Crippen LogP contribution < -0.4 is 0 Å². The van der Waals surface area contributed by atoms with Gasteiger partial charge >= 0.3 is 5.97 Å². The summed E-state index contributed by atoms with van der Waals surface area (Å²) >= 11 is 0. The van der Waals surface area contributed by atoms with Gasteiger partial charge in [-0.3, -0.25) is 20.2 Å². The monoisotopic (exact) mass is 314 g/mol. The Labute approximate surface area is 129 Å². The fourth-order valence-corrected chi connectivity index (χ4v) is 1.89. The average molecular weight is 314 g/mol. The van der Waals surface area contributed by atoms with Gasteiger partial charge in [0, 0.05) is 24.3 Å². The molecular weight excluding hydrogens is 304 g/mol. The molecule has 8 heteroatoms. The van der Waals surface area contributed by atoms with Crippen LogP contribution in [0.3, 0.4) is 0 Å². The third-order valence-electron chi connectivity index (χ3n) is 3.03. The number of hydrogen-bond acceptors (Lipinski definition) is 5. The maximum atomic E-state index is 11.4. The smallest absolute Gasteiger partial charge is 0.336 e. The summed E-state index contributed by atoms with van der Waals surface area (Å²) in [6.07, 6.45) is 1.34. The van der Waals surface area contributed by atoms with E-state index in [2.05, 4.69) is 0 Å². The highest BCUT2D eigenvalue weighted by molar-refractivity contribution is 6.20. The Balaban J connectivity index is 2.39. The molecule has 1 N–H and O–H groups in total. The van der Waals surface area contributed by atoms with Gasteiger partial charge in [-0.1, -0.05) is 0 Å². The number of benzene rings is 2. The normalized spacial score (nSPS) is 11.0. The van der Waals surface area contributed by atoms with E-state index < -0.39 is 15.8 Å². The van der Waals surface area contributed by atoms with E-state index in [-0.39, 0.29) is 16.9 Å². The lowest BCUT2D eigenvalue weighted by Crippen LogP contribution is -2.00. The number of carboxylic acids is 1. The van der Waals surface area contributed by atoms with Crippen molar-refractivity contribution >= 4 is 29.0 Å². The molecule has 0 heterocycles. The molecule has 0 saturated carbocycles. The van der Waals surface area contributed by atoms with Crippen LogP contribution in [0.15, 0.2) is 48.5 Å². The summed E-state index contributed by atoms with van der Waals surface area (Å²) in [5, 5.41) is 30.5. The number of non-ortho nitro benzene ring substituents is 2. The lowest BCUT2D eigenvalue weighted by atomic mass is 10.0. The first-order valence-corrected chi connectivity index (χ1v) is 6.33. The summed E-state index contributed by atoms with van der Waals surface area (Å²) in [7, 11) is 0. The second kappa shape index (κ2) is 6.48. The minimum absolute atomic E-state index is 0.0752. The van der Waals surface area contributed by atoms with Crippen LogP contribution >= 0.6 is 0 Å². The van der Waals surface area contributed by atoms with Crippen LogP contribution in [-0.4, -0.2) is 20.9 Å². The van der Waals surface area contributed by atoms with E-state index in [1.54, 1.807) is 0 Å². The minimum Gasteiger partial charge on any atom is -0.478 e. The maximum Gasteiger partial charge on any atom is 0.336 e. The van der Waals surface area contributed by atoms with E-state index in [1.165, 1.54) is 54.6 Å². The van der Waals surface area contributed by atoms with Crippen LogP contribution in [-0.2, 0) is 4.79 Å². The van der Waals surface area contributed by atoms with Gasteiger partial charge < -0.3 is 5.11 Å². The standard InChI is InChI=1S/C15H10N2O6/c18-15(19)14(11-3-7-13(8-4-11)17(22)23)9-10-1-5-12(6-2-10)16(20)21/h1-9H,(H,18,19). The second-order valence-electron chi connectivity index (χ2n) is 4.52. The zero-order valence-electron chi connectivity index (χ0n) is 11.6. The van der Waals surface area contributed by atoms with Gasteiger partial charge in [0.05, 0.1) is 15.4 Å². The Morgan fingerprint density at radius 3 is 1.70 bits per heavy atom. The van der Waals surface area contributed by atoms with Gasteiger partial charge in [-0.05, 0) is 41.5 Å². The van der Waals surface area contributed by atoms with Crippen LogP contribution in [0.1, 0.15) is 11.1 Å². The van der Waals surface area contributed by atoms with E-state index in [0.29, 0.717) is 11.1 Å². The molecule has 0 saturated heterocycles. The van der Waals surface area contributed by atoms with Crippen LogP contribution in [0, 0.1) is 20.2 Å². The topological polar surface area (TPSA) is 124 Å². The molecular formula is C15H10N2O6. The number of nitro benzene ring substituents is 2. The number of carbonyl (C=O) groups is 1. The summed E-state index contributed by atoms with van der Waals surface area (Å²) in [6.45, 7) is 0. The SMILES string of the molecule is O=C(O)C(=Cc1ccc([N+](=O)[O-])cc1)c1ccc([N+](=O)[O-])cc1. The van der Waals surface area contributed by atoms with Crippen molar-refractivity contribution < 1.29 is 19.7 Å². The van der Waals surface area contributed by atoms with Gasteiger partial charge in [0.1, 0.15) is 0 Å². The number of rotatable bonds is 5. The Hall–Kier alpha value is -3.55. The molecule has 0 bridgehead atoms. The minimum atomic E-state index is -1.21. The average Bonchev–Trinajstić information content (AvgIpc) is 2.53. The molecule has 116 valence electrons. The van der Waals surface area contributed by atoms with Gasteiger partial charge in [0.2, 0.25) is 0 Å². The number of nitrogens with zero attached hydrogens (tertiary/aromatic N) is 2. The highest BCUT2D eigenvalue weighted by Crippen LogP contribution is 2.22. The zero-order valence-corrected chi connectivity index (χ0v) is 11.6. The van der Waals surface area contributed by atoms with Crippen molar-refractivity contribution in [2.24, 2.45) is 0 Å². The molecule has 0 atom stereocenters. The molecule has 0 unspecified atom stereocenters. The molecule has 2 rings (SSSR count). The quantitative estimate of drug-likeness (QED) is 0.391. The molecule has 0 aliphatic carbocycles. The number of aliphatic carboxylic acids is 1. The van der Waals surface area contributed by atoms with Crippen molar-refractivity contribution in [3.63, 3.8) is 0 Å². The van der Waals surface area contributed by atoms with Crippen LogP contribution in [0.2, 0.25) is 0 Å². The Kier molecular flexibility index (Phi) is 4.46. The molecule has 0 radical (unpaired) electrons. The fourth-order valence-electron chi connectivity index (χ4n) is 1.89. The molecule has 2 aromatic rings. The Morgan fingerprint density at radius 2 is 1.30 bits per heavy atom. The third-order valence-corrected chi connectivity index (χ3v) is 3.03. The Morgan fingerprint density at radius 1 is 0.870 bits per heavy atom. The molecule has 2 aromatic carbocycles. The molecule has 0 aromatic heterocycles. The molecule has 0 fully saturated rings. The summed E-state index contributed by atoms with van der Waals surface area (Å²) < 4.78 is 0. The van der Waals surface area contributed by atoms with E-state index in [4.69, 9.17) is 0 Å². The molecule has 0 amide bonds. The molecule has 0 aliphatic rings. The van der Waals surface area contributed by atoms with Crippen LogP contribution in [0.4, 0.5) is 11.4 Å². The molecule has 0 spiro atoms. The van der Waals surface area contributed by atoms with Crippen molar-refractivity contribution in [3.8, 4) is 0 Å². The van der Waals surface area contributed by atoms with E-state index >= 15 is 0 Å². The number of carboxylic acid groups (broad SMARTS) is 1. The second-order valence-corrected chi connectivity index (χ2v) is 4.52. The number of hydrogen-bond donors (Lipinski definition) is 1. The van der Waals surface area contributed by atoms with Crippen molar-refractivity contribution in [3.05, 3.63) is 79.9 Å². The molecule has 23 heavy (non-hydrogen) atoms. The van der Waals surface area contributed by atoms with Gasteiger partial charge in [-0.15, -0.1) is 0 Å².